The molecule has 4 heteroatoms. The van der Waals surface area contributed by atoms with Crippen LogP contribution >= 0.6 is 0 Å². The van der Waals surface area contributed by atoms with Crippen molar-refractivity contribution in [3.63, 3.8) is 0 Å². The molecule has 0 atom stereocenters. The van der Waals surface area contributed by atoms with Gasteiger partial charge in [0.15, 0.2) is 0 Å². The molecule has 0 radical (unpaired) electrons. The number of rotatable bonds is 6. The normalized spacial score (nSPS) is 12.5. The SMILES string of the molecule is CC(C)(C)c1cc2c([c-]c1-c1ccccc1)Cc1cc(-c3ccccc3)c(C(C)(C)C)cc1-2.CC(C)(C)c1cc2c([c-]c1-c1ccccc1)Cc1cc(-c3ccccc3)c(C(C)(C)C)cc1-2.[C-]1=CC=CC1.[C-]1=CC=CC1.[Cl-].[Cl-].[Zr+2]=[CH]c1cccc2ccccc12.[Zr+2]=[CH]c1cccc2ccccc12. The van der Waals surface area contributed by atoms with Gasteiger partial charge in [0.2, 0.25) is 0 Å². The van der Waals surface area contributed by atoms with E-state index in [4.69, 9.17) is 0 Å². The Morgan fingerprint density at radius 3 is 0.912 bits per heavy atom. The van der Waals surface area contributed by atoms with Crippen molar-refractivity contribution in [2.45, 2.75) is 130 Å². The van der Waals surface area contributed by atoms with E-state index in [0.717, 1.165) is 25.7 Å². The maximum absolute atomic E-state index is 3.88. The summed E-state index contributed by atoms with van der Waals surface area (Å²) in [5.74, 6) is 0. The fourth-order valence-corrected chi connectivity index (χ4v) is 14.9. The Kier molecular flexibility index (Phi) is 27.0. The van der Waals surface area contributed by atoms with Crippen molar-refractivity contribution in [2.24, 2.45) is 0 Å². The van der Waals surface area contributed by atoms with E-state index in [1.165, 1.54) is 192 Å². The first-order valence-corrected chi connectivity index (χ1v) is 38.1. The summed E-state index contributed by atoms with van der Waals surface area (Å²) >= 11 is 2.91. The van der Waals surface area contributed by atoms with Crippen molar-refractivity contribution < 1.29 is 73.3 Å². The first-order chi connectivity index (χ1) is 48.1. The topological polar surface area (TPSA) is 0 Å². The molecule has 0 spiro atoms. The van der Waals surface area contributed by atoms with Gasteiger partial charge in [-0.3, -0.25) is 12.2 Å². The second-order valence-electron chi connectivity index (χ2n) is 30.3. The Hall–Kier alpha value is -7.79. The summed E-state index contributed by atoms with van der Waals surface area (Å²) in [7, 11) is 0. The average Bonchev–Trinajstić information content (AvgIpc) is 1.55. The molecule has 0 heterocycles. The fraction of sp³-hybridized carbons (Fsp3) is 0.204. The van der Waals surface area contributed by atoms with Gasteiger partial charge in [-0.1, -0.05) is 262 Å². The number of halogens is 2. The van der Waals surface area contributed by atoms with Crippen LogP contribution in [0.5, 0.6) is 0 Å². The van der Waals surface area contributed by atoms with Crippen LogP contribution in [0.4, 0.5) is 0 Å². The molecule has 0 saturated carbocycles. The second-order valence-corrected chi connectivity index (χ2v) is 31.7. The number of allylic oxidation sites excluding steroid dienone is 8. The minimum absolute atomic E-state index is 0. The molecule has 0 saturated heterocycles. The molecule has 0 aliphatic heterocycles. The van der Waals surface area contributed by atoms with Gasteiger partial charge >= 0.3 is 173 Å². The first-order valence-electron chi connectivity index (χ1n) is 35.3. The summed E-state index contributed by atoms with van der Waals surface area (Å²) in [5, 5.41) is 5.37. The van der Waals surface area contributed by atoms with Gasteiger partial charge in [-0.05, 0) is 79.0 Å². The average molecular weight is 1520 g/mol. The van der Waals surface area contributed by atoms with Gasteiger partial charge in [0.25, 0.3) is 0 Å². The third-order valence-electron chi connectivity index (χ3n) is 18.8. The van der Waals surface area contributed by atoms with Crippen LogP contribution in [0.2, 0.25) is 0 Å². The molecule has 0 unspecified atom stereocenters. The van der Waals surface area contributed by atoms with E-state index in [0.29, 0.717) is 0 Å². The van der Waals surface area contributed by atoms with Gasteiger partial charge < -0.3 is 24.8 Å². The van der Waals surface area contributed by atoms with Crippen LogP contribution in [0.3, 0.4) is 0 Å². The molecule has 0 N–H and O–H groups in total. The van der Waals surface area contributed by atoms with E-state index in [-0.39, 0.29) is 46.5 Å². The molecule has 12 aromatic carbocycles. The molecule has 0 fully saturated rings. The third kappa shape index (κ3) is 19.1. The summed E-state index contributed by atoms with van der Waals surface area (Å²) in [6.45, 7) is 27.8. The molecular weight excluding hydrogens is 1430 g/mol. The van der Waals surface area contributed by atoms with Gasteiger partial charge in [-0.15, -0.1) is 70.5 Å². The van der Waals surface area contributed by atoms with Gasteiger partial charge in [0, 0.05) is 0 Å². The van der Waals surface area contributed by atoms with Crippen molar-refractivity contribution >= 4 is 29.0 Å². The van der Waals surface area contributed by atoms with E-state index in [1.807, 2.05) is 24.3 Å². The number of hydrogen-bond acceptors (Lipinski definition) is 0. The molecule has 0 nitrogen and oxygen atoms in total. The quantitative estimate of drug-likeness (QED) is 0.146. The maximum atomic E-state index is 3.88. The molecule has 4 aliphatic rings. The Morgan fingerprint density at radius 2 is 0.618 bits per heavy atom. The second kappa shape index (κ2) is 35.1. The van der Waals surface area contributed by atoms with Crippen molar-refractivity contribution in [1.29, 1.82) is 0 Å². The van der Waals surface area contributed by atoms with Crippen LogP contribution in [0, 0.1) is 24.3 Å². The van der Waals surface area contributed by atoms with Crippen molar-refractivity contribution in [3.05, 3.63) is 359 Å². The van der Waals surface area contributed by atoms with Crippen LogP contribution in [0.15, 0.2) is 279 Å². The number of hydrogen-bond donors (Lipinski definition) is 0. The summed E-state index contributed by atoms with van der Waals surface area (Å²) in [4.78, 5) is 0. The molecule has 12 aromatic rings. The number of fused-ring (bicyclic) bond motifs is 8. The van der Waals surface area contributed by atoms with E-state index < -0.39 is 0 Å². The molecule has 0 bridgehead atoms. The molecular formula is C98H92Cl2Zr2-2. The minimum atomic E-state index is 0. The van der Waals surface area contributed by atoms with Crippen molar-refractivity contribution in [1.82, 2.24) is 0 Å². The summed E-state index contributed by atoms with van der Waals surface area (Å²) in [6, 6.07) is 95.5. The zero-order chi connectivity index (χ0) is 70.6. The Bertz CT molecular complexity index is 4430. The molecule has 102 heavy (non-hydrogen) atoms. The predicted molar refractivity (Wildman–Crippen MR) is 425 cm³/mol. The molecule has 0 aromatic heterocycles. The van der Waals surface area contributed by atoms with Crippen LogP contribution in [0.1, 0.15) is 152 Å². The third-order valence-corrected chi connectivity index (χ3v) is 20.3. The van der Waals surface area contributed by atoms with Crippen LogP contribution < -0.4 is 24.8 Å². The predicted octanol–water partition coefficient (Wildman–Crippen LogP) is 19.7. The van der Waals surface area contributed by atoms with Crippen molar-refractivity contribution in [2.75, 3.05) is 0 Å². The van der Waals surface area contributed by atoms with Crippen LogP contribution in [-0.2, 0) is 83.0 Å². The Labute approximate surface area is 652 Å². The molecule has 0 amide bonds. The van der Waals surface area contributed by atoms with E-state index in [1.54, 1.807) is 0 Å². The Morgan fingerprint density at radius 1 is 0.314 bits per heavy atom. The van der Waals surface area contributed by atoms with Gasteiger partial charge in [0.05, 0.1) is 0 Å². The molecule has 4 aliphatic carbocycles. The summed E-state index contributed by atoms with van der Waals surface area (Å²) in [5.41, 5.74) is 29.7. The molecule has 16 rings (SSSR count). The first kappa shape index (κ1) is 78.3. The summed E-state index contributed by atoms with van der Waals surface area (Å²) in [6.07, 6.45) is 21.9. The van der Waals surface area contributed by atoms with E-state index >= 15 is 0 Å². The number of benzene rings is 12. The van der Waals surface area contributed by atoms with Crippen molar-refractivity contribution in [3.8, 4) is 66.8 Å². The zero-order valence-corrected chi connectivity index (χ0v) is 67.7. The van der Waals surface area contributed by atoms with E-state index in [2.05, 4.69) is 370 Å². The Balaban J connectivity index is 0.000000161. The standard InChI is InChI=1S/2C33H33.2C11H8.2C5H5.2ClH.2Zr/c2*1-32(2,3)30-20-26-24(18-28(30)22-13-9-7-10-14-22)17-25-19-29(23-15-11-8-12-16-23)31(21-27(25)26)33(4,5)6;2*1-9-5-4-7-10-6-2-3-8-11(9)10;2*1-2-4-5-3-1;;;;/h2*7-16,18,20-21H,17H2,1-6H3;2*1-8H;2*1-3H,4H2;2*1H;;/q2*-1;;;2*-1;;;2*+2/p-2. The van der Waals surface area contributed by atoms with Gasteiger partial charge in [0.1, 0.15) is 0 Å². The monoisotopic (exact) mass is 1520 g/mol. The van der Waals surface area contributed by atoms with Gasteiger partial charge in [-0.25, -0.2) is 24.3 Å². The molecule has 508 valence electrons. The summed E-state index contributed by atoms with van der Waals surface area (Å²) < 4.78 is 4.46. The van der Waals surface area contributed by atoms with Crippen LogP contribution in [0.25, 0.3) is 88.3 Å². The van der Waals surface area contributed by atoms with E-state index in [9.17, 15) is 0 Å². The fourth-order valence-electron chi connectivity index (χ4n) is 13.6. The zero-order valence-electron chi connectivity index (χ0n) is 61.3. The van der Waals surface area contributed by atoms with Gasteiger partial charge in [-0.2, -0.15) is 12.2 Å². The van der Waals surface area contributed by atoms with Crippen LogP contribution in [-0.4, -0.2) is 7.42 Å².